The molecule has 1 aromatic heterocycles. The van der Waals surface area contributed by atoms with Crippen LogP contribution in [0.2, 0.25) is 5.02 Å². The molecule has 0 radical (unpaired) electrons. The van der Waals surface area contributed by atoms with Crippen molar-refractivity contribution < 1.29 is 4.74 Å². The van der Waals surface area contributed by atoms with E-state index in [0.29, 0.717) is 23.1 Å². The van der Waals surface area contributed by atoms with E-state index in [1.165, 1.54) is 0 Å². The Bertz CT molecular complexity index is 717. The summed E-state index contributed by atoms with van der Waals surface area (Å²) in [5.74, 6) is 1.30. The van der Waals surface area contributed by atoms with Gasteiger partial charge < -0.3 is 4.74 Å². The minimum absolute atomic E-state index is 0.293. The van der Waals surface area contributed by atoms with E-state index in [0.717, 1.165) is 21.7 Å². The molecular weight excluding hydrogens is 284 g/mol. The molecule has 0 spiro atoms. The molecule has 4 heteroatoms. The van der Waals surface area contributed by atoms with Crippen molar-refractivity contribution in [1.29, 1.82) is 5.26 Å². The summed E-state index contributed by atoms with van der Waals surface area (Å²) >= 11 is 6.26. The molecule has 0 amide bonds. The van der Waals surface area contributed by atoms with Gasteiger partial charge in [-0.1, -0.05) is 25.4 Å². The van der Waals surface area contributed by atoms with Crippen LogP contribution in [0.5, 0.6) is 11.6 Å². The first kappa shape index (κ1) is 15.3. The Morgan fingerprint density at radius 3 is 2.57 bits per heavy atom. The van der Waals surface area contributed by atoms with Crippen LogP contribution in [-0.2, 0) is 0 Å². The zero-order valence-corrected chi connectivity index (χ0v) is 13.3. The zero-order valence-electron chi connectivity index (χ0n) is 12.6. The summed E-state index contributed by atoms with van der Waals surface area (Å²) in [6.07, 6.45) is 1.64. The molecule has 0 fully saturated rings. The number of halogens is 1. The van der Waals surface area contributed by atoms with Gasteiger partial charge in [0.05, 0.1) is 0 Å². The lowest BCUT2D eigenvalue weighted by molar-refractivity contribution is 0.456. The summed E-state index contributed by atoms with van der Waals surface area (Å²) < 4.78 is 5.87. The molecule has 1 heterocycles. The van der Waals surface area contributed by atoms with E-state index >= 15 is 0 Å². The second-order valence-corrected chi connectivity index (χ2v) is 5.72. The van der Waals surface area contributed by atoms with Crippen LogP contribution in [0, 0.1) is 25.2 Å². The lowest BCUT2D eigenvalue weighted by Gasteiger charge is -2.14. The van der Waals surface area contributed by atoms with Gasteiger partial charge in [0.25, 0.3) is 0 Å². The first-order valence-electron chi connectivity index (χ1n) is 6.77. The predicted molar refractivity (Wildman–Crippen MR) is 84.0 cm³/mol. The third-order valence-electron chi connectivity index (χ3n) is 3.36. The van der Waals surface area contributed by atoms with Crippen LogP contribution in [0.25, 0.3) is 0 Å². The number of nitrogens with zero attached hydrogens (tertiary/aromatic N) is 2. The molecule has 108 valence electrons. The maximum Gasteiger partial charge on any atom is 0.237 e. The minimum Gasteiger partial charge on any atom is -0.437 e. The molecule has 0 bridgehead atoms. The third kappa shape index (κ3) is 3.17. The molecule has 3 nitrogen and oxygen atoms in total. The number of benzene rings is 1. The van der Waals surface area contributed by atoms with Crippen molar-refractivity contribution in [1.82, 2.24) is 4.98 Å². The van der Waals surface area contributed by atoms with Crippen LogP contribution in [0.4, 0.5) is 0 Å². The predicted octanol–water partition coefficient (Wildman–Crippen LogP) is 5.14. The number of rotatable bonds is 3. The second kappa shape index (κ2) is 6.15. The Kier molecular flexibility index (Phi) is 4.50. The van der Waals surface area contributed by atoms with Gasteiger partial charge in [0.2, 0.25) is 5.88 Å². The number of nitriles is 1. The molecule has 0 atom stereocenters. The van der Waals surface area contributed by atoms with Gasteiger partial charge in [0.15, 0.2) is 0 Å². The zero-order chi connectivity index (χ0) is 15.6. The molecule has 0 saturated carbocycles. The Morgan fingerprint density at radius 2 is 1.95 bits per heavy atom. The highest BCUT2D eigenvalue weighted by molar-refractivity contribution is 6.31. The van der Waals surface area contributed by atoms with E-state index in [1.54, 1.807) is 12.3 Å². The monoisotopic (exact) mass is 300 g/mol. The van der Waals surface area contributed by atoms with Crippen molar-refractivity contribution in [3.63, 3.8) is 0 Å². The SMILES string of the molecule is Cc1cc(Cl)c(C(C)C)cc1Oc1nccc(C)c1C#N. The van der Waals surface area contributed by atoms with Crippen LogP contribution >= 0.6 is 11.6 Å². The lowest BCUT2D eigenvalue weighted by atomic mass is 10.0. The van der Waals surface area contributed by atoms with Gasteiger partial charge in [-0.05, 0) is 54.7 Å². The number of ether oxygens (including phenoxy) is 1. The van der Waals surface area contributed by atoms with Crippen LogP contribution < -0.4 is 4.74 Å². The highest BCUT2D eigenvalue weighted by atomic mass is 35.5. The van der Waals surface area contributed by atoms with Gasteiger partial charge in [-0.3, -0.25) is 0 Å². The fraction of sp³-hybridized carbons (Fsp3) is 0.294. The standard InChI is InChI=1S/C17H17ClN2O/c1-10(2)13-8-16(12(4)7-15(13)18)21-17-14(9-19)11(3)5-6-20-17/h5-8,10H,1-4H3. The Balaban J connectivity index is 2.48. The molecule has 2 aromatic rings. The van der Waals surface area contributed by atoms with Crippen molar-refractivity contribution in [2.75, 3.05) is 0 Å². The highest BCUT2D eigenvalue weighted by Gasteiger charge is 2.14. The molecular formula is C17H17ClN2O. The molecule has 0 saturated heterocycles. The fourth-order valence-electron chi connectivity index (χ4n) is 2.07. The normalized spacial score (nSPS) is 10.5. The number of aromatic nitrogens is 1. The van der Waals surface area contributed by atoms with E-state index in [9.17, 15) is 5.26 Å². The molecule has 21 heavy (non-hydrogen) atoms. The molecule has 0 aliphatic carbocycles. The lowest BCUT2D eigenvalue weighted by Crippen LogP contribution is -1.98. The van der Waals surface area contributed by atoms with Gasteiger partial charge in [-0.15, -0.1) is 0 Å². The van der Waals surface area contributed by atoms with E-state index in [2.05, 4.69) is 24.9 Å². The van der Waals surface area contributed by atoms with Crippen molar-refractivity contribution >= 4 is 11.6 Å². The maximum atomic E-state index is 9.24. The summed E-state index contributed by atoms with van der Waals surface area (Å²) in [5.41, 5.74) is 3.23. The second-order valence-electron chi connectivity index (χ2n) is 5.32. The van der Waals surface area contributed by atoms with Crippen LogP contribution in [0.3, 0.4) is 0 Å². The van der Waals surface area contributed by atoms with Crippen LogP contribution in [0.15, 0.2) is 24.4 Å². The first-order chi connectivity index (χ1) is 9.93. The Morgan fingerprint density at radius 1 is 1.24 bits per heavy atom. The van der Waals surface area contributed by atoms with Gasteiger partial charge in [-0.25, -0.2) is 4.98 Å². The van der Waals surface area contributed by atoms with Gasteiger partial charge in [0.1, 0.15) is 17.4 Å². The highest BCUT2D eigenvalue weighted by Crippen LogP contribution is 2.34. The summed E-state index contributed by atoms with van der Waals surface area (Å²) in [6.45, 7) is 7.94. The van der Waals surface area contributed by atoms with E-state index in [1.807, 2.05) is 26.0 Å². The van der Waals surface area contributed by atoms with Gasteiger partial charge in [0, 0.05) is 11.2 Å². The van der Waals surface area contributed by atoms with Crippen molar-refractivity contribution in [3.05, 3.63) is 51.7 Å². The minimum atomic E-state index is 0.293. The quantitative estimate of drug-likeness (QED) is 0.788. The topological polar surface area (TPSA) is 45.9 Å². The van der Waals surface area contributed by atoms with Crippen LogP contribution in [-0.4, -0.2) is 4.98 Å². The van der Waals surface area contributed by atoms with Gasteiger partial charge in [-0.2, -0.15) is 5.26 Å². The van der Waals surface area contributed by atoms with E-state index in [4.69, 9.17) is 16.3 Å². The smallest absolute Gasteiger partial charge is 0.237 e. The summed E-state index contributed by atoms with van der Waals surface area (Å²) in [7, 11) is 0. The molecule has 0 unspecified atom stereocenters. The average Bonchev–Trinajstić information content (AvgIpc) is 2.41. The van der Waals surface area contributed by atoms with E-state index < -0.39 is 0 Å². The molecule has 0 N–H and O–H groups in total. The molecule has 1 aromatic carbocycles. The first-order valence-corrected chi connectivity index (χ1v) is 7.15. The van der Waals surface area contributed by atoms with Crippen molar-refractivity contribution in [2.45, 2.75) is 33.6 Å². The maximum absolute atomic E-state index is 9.24. The summed E-state index contributed by atoms with van der Waals surface area (Å²) in [4.78, 5) is 4.17. The van der Waals surface area contributed by atoms with Crippen molar-refractivity contribution in [3.8, 4) is 17.7 Å². The Hall–Kier alpha value is -2.05. The molecule has 0 aliphatic rings. The fourth-order valence-corrected chi connectivity index (χ4v) is 2.51. The Labute approximate surface area is 130 Å². The summed E-state index contributed by atoms with van der Waals surface area (Å²) in [6, 6.07) is 7.74. The number of aryl methyl sites for hydroxylation is 2. The summed E-state index contributed by atoms with van der Waals surface area (Å²) in [5, 5.41) is 9.97. The largest absolute Gasteiger partial charge is 0.437 e. The number of hydrogen-bond donors (Lipinski definition) is 0. The third-order valence-corrected chi connectivity index (χ3v) is 3.69. The van der Waals surface area contributed by atoms with Crippen LogP contribution in [0.1, 0.15) is 42.0 Å². The molecule has 0 aliphatic heterocycles. The van der Waals surface area contributed by atoms with E-state index in [-0.39, 0.29) is 0 Å². The van der Waals surface area contributed by atoms with Crippen molar-refractivity contribution in [2.24, 2.45) is 0 Å². The number of pyridine rings is 1. The van der Waals surface area contributed by atoms with Gasteiger partial charge >= 0.3 is 0 Å². The molecule has 2 rings (SSSR count). The number of hydrogen-bond acceptors (Lipinski definition) is 3. The average molecular weight is 301 g/mol.